The van der Waals surface area contributed by atoms with E-state index in [-0.39, 0.29) is 12.6 Å². The Hall–Kier alpha value is -1.75. The van der Waals surface area contributed by atoms with Gasteiger partial charge in [0.15, 0.2) is 0 Å². The number of methoxy groups -OCH3 is 1. The molecule has 0 unspecified atom stereocenters. The smallest absolute Gasteiger partial charge is 0.404 e. The van der Waals surface area contributed by atoms with Crippen molar-refractivity contribution in [2.75, 3.05) is 13.7 Å². The summed E-state index contributed by atoms with van der Waals surface area (Å²) in [5.41, 5.74) is 6.43. The summed E-state index contributed by atoms with van der Waals surface area (Å²) in [6, 6.07) is 7.18. The highest BCUT2D eigenvalue weighted by Crippen LogP contribution is 2.18. The van der Waals surface area contributed by atoms with Crippen LogP contribution in [-0.4, -0.2) is 30.9 Å². The molecule has 16 heavy (non-hydrogen) atoms. The zero-order chi connectivity index (χ0) is 12.0. The average Bonchev–Trinajstić information content (AvgIpc) is 2.28. The lowest BCUT2D eigenvalue weighted by Crippen LogP contribution is -2.40. The van der Waals surface area contributed by atoms with Crippen LogP contribution < -0.4 is 15.8 Å². The Morgan fingerprint density at radius 1 is 1.56 bits per heavy atom. The Bertz CT molecular complexity index is 355. The molecule has 88 valence electrons. The Kier molecular flexibility index (Phi) is 4.60. The van der Waals surface area contributed by atoms with Crippen LogP contribution in [0.15, 0.2) is 24.3 Å². The van der Waals surface area contributed by atoms with Crippen LogP contribution in [0.1, 0.15) is 5.56 Å². The first-order valence-electron chi connectivity index (χ1n) is 4.98. The van der Waals surface area contributed by atoms with Gasteiger partial charge in [-0.05, 0) is 18.1 Å². The molecule has 0 aliphatic rings. The number of benzene rings is 1. The molecule has 0 fully saturated rings. The van der Waals surface area contributed by atoms with E-state index in [9.17, 15) is 4.79 Å². The second kappa shape index (κ2) is 5.97. The molecule has 1 aromatic carbocycles. The van der Waals surface area contributed by atoms with Crippen molar-refractivity contribution >= 4 is 6.09 Å². The maximum Gasteiger partial charge on any atom is 0.404 e. The minimum absolute atomic E-state index is 0.254. The van der Waals surface area contributed by atoms with Crippen LogP contribution in [0.2, 0.25) is 0 Å². The highest BCUT2D eigenvalue weighted by atomic mass is 16.5. The van der Waals surface area contributed by atoms with Crippen LogP contribution in [0.25, 0.3) is 0 Å². The predicted octanol–water partition coefficient (Wildman–Crippen LogP) is 0.833. The SMILES string of the molecule is COc1ccccc1C[C@@H](CN)NC(=O)O. The molecule has 5 nitrogen and oxygen atoms in total. The minimum Gasteiger partial charge on any atom is -0.496 e. The highest BCUT2D eigenvalue weighted by Gasteiger charge is 2.12. The van der Waals surface area contributed by atoms with Crippen LogP contribution in [0, 0.1) is 0 Å². The molecule has 0 bridgehead atoms. The van der Waals surface area contributed by atoms with E-state index in [0.717, 1.165) is 11.3 Å². The van der Waals surface area contributed by atoms with Crippen molar-refractivity contribution in [3.8, 4) is 5.75 Å². The van der Waals surface area contributed by atoms with Crippen LogP contribution in [0.3, 0.4) is 0 Å². The Balaban J connectivity index is 2.73. The molecule has 0 heterocycles. The molecule has 0 radical (unpaired) electrons. The Morgan fingerprint density at radius 3 is 2.81 bits per heavy atom. The van der Waals surface area contributed by atoms with Gasteiger partial charge in [0.25, 0.3) is 0 Å². The van der Waals surface area contributed by atoms with E-state index in [1.807, 2.05) is 24.3 Å². The van der Waals surface area contributed by atoms with Crippen LogP contribution >= 0.6 is 0 Å². The van der Waals surface area contributed by atoms with E-state index in [2.05, 4.69) is 5.32 Å². The standard InChI is InChI=1S/C11H16N2O3/c1-16-10-5-3-2-4-8(10)6-9(7-12)13-11(14)15/h2-5,9,13H,6-7,12H2,1H3,(H,14,15)/t9-/m0/s1. The quantitative estimate of drug-likeness (QED) is 0.691. The largest absolute Gasteiger partial charge is 0.496 e. The van der Waals surface area contributed by atoms with Crippen molar-refractivity contribution in [3.63, 3.8) is 0 Å². The first kappa shape index (κ1) is 12.3. The fourth-order valence-electron chi connectivity index (χ4n) is 1.50. The molecular formula is C11H16N2O3. The number of nitrogens with two attached hydrogens (primary N) is 1. The van der Waals surface area contributed by atoms with Crippen molar-refractivity contribution in [2.24, 2.45) is 5.73 Å². The lowest BCUT2D eigenvalue weighted by Gasteiger charge is -2.16. The van der Waals surface area contributed by atoms with Gasteiger partial charge in [-0.2, -0.15) is 0 Å². The number of rotatable bonds is 5. The molecule has 0 saturated carbocycles. The van der Waals surface area contributed by atoms with Crippen molar-refractivity contribution in [1.29, 1.82) is 0 Å². The van der Waals surface area contributed by atoms with Gasteiger partial charge in [-0.3, -0.25) is 0 Å². The van der Waals surface area contributed by atoms with Gasteiger partial charge in [0.05, 0.1) is 7.11 Å². The molecule has 0 aliphatic heterocycles. The van der Waals surface area contributed by atoms with Crippen molar-refractivity contribution in [3.05, 3.63) is 29.8 Å². The molecule has 0 aromatic heterocycles. The Morgan fingerprint density at radius 2 is 2.25 bits per heavy atom. The van der Waals surface area contributed by atoms with E-state index in [4.69, 9.17) is 15.6 Å². The van der Waals surface area contributed by atoms with Crippen molar-refractivity contribution < 1.29 is 14.6 Å². The molecule has 1 atom stereocenters. The summed E-state index contributed by atoms with van der Waals surface area (Å²) < 4.78 is 5.18. The number of carbonyl (C=O) groups is 1. The number of ether oxygens (including phenoxy) is 1. The summed E-state index contributed by atoms with van der Waals surface area (Å²) in [6.45, 7) is 0.254. The third-order valence-electron chi connectivity index (χ3n) is 2.27. The number of hydrogen-bond acceptors (Lipinski definition) is 3. The first-order valence-corrected chi connectivity index (χ1v) is 4.98. The van der Waals surface area contributed by atoms with Crippen molar-refractivity contribution in [1.82, 2.24) is 5.32 Å². The van der Waals surface area contributed by atoms with Gasteiger partial charge in [-0.15, -0.1) is 0 Å². The molecule has 0 spiro atoms. The zero-order valence-corrected chi connectivity index (χ0v) is 9.14. The molecule has 5 heteroatoms. The molecule has 1 aromatic rings. The van der Waals surface area contributed by atoms with Gasteiger partial charge in [0.2, 0.25) is 0 Å². The summed E-state index contributed by atoms with van der Waals surface area (Å²) in [4.78, 5) is 10.5. The van der Waals surface area contributed by atoms with Crippen LogP contribution in [-0.2, 0) is 6.42 Å². The van der Waals surface area contributed by atoms with Crippen LogP contribution in [0.5, 0.6) is 5.75 Å². The zero-order valence-electron chi connectivity index (χ0n) is 9.14. The normalized spacial score (nSPS) is 11.9. The molecule has 0 aliphatic carbocycles. The summed E-state index contributed by atoms with van der Waals surface area (Å²) in [5.74, 6) is 0.744. The lowest BCUT2D eigenvalue weighted by molar-refractivity contribution is 0.190. The molecule has 4 N–H and O–H groups in total. The molecule has 1 amide bonds. The lowest BCUT2D eigenvalue weighted by atomic mass is 10.1. The van der Waals surface area contributed by atoms with E-state index >= 15 is 0 Å². The van der Waals surface area contributed by atoms with Gasteiger partial charge in [0.1, 0.15) is 5.75 Å². The summed E-state index contributed by atoms with van der Waals surface area (Å²) in [6.07, 6.45) is -0.544. The van der Waals surface area contributed by atoms with E-state index in [1.54, 1.807) is 7.11 Å². The minimum atomic E-state index is -1.06. The second-order valence-electron chi connectivity index (χ2n) is 3.40. The fraction of sp³-hybridized carbons (Fsp3) is 0.364. The third-order valence-corrected chi connectivity index (χ3v) is 2.27. The molecule has 1 rings (SSSR count). The monoisotopic (exact) mass is 224 g/mol. The number of carboxylic acid groups (broad SMARTS) is 1. The predicted molar refractivity (Wildman–Crippen MR) is 60.7 cm³/mol. The third kappa shape index (κ3) is 3.43. The van der Waals surface area contributed by atoms with Gasteiger partial charge >= 0.3 is 6.09 Å². The molecular weight excluding hydrogens is 208 g/mol. The highest BCUT2D eigenvalue weighted by molar-refractivity contribution is 5.65. The fourth-order valence-corrected chi connectivity index (χ4v) is 1.50. The maximum atomic E-state index is 10.5. The summed E-state index contributed by atoms with van der Waals surface area (Å²) >= 11 is 0. The number of para-hydroxylation sites is 1. The van der Waals surface area contributed by atoms with E-state index in [1.165, 1.54) is 0 Å². The summed E-state index contributed by atoms with van der Waals surface area (Å²) in [5, 5.41) is 11.0. The first-order chi connectivity index (χ1) is 7.67. The number of amides is 1. The van der Waals surface area contributed by atoms with Crippen molar-refractivity contribution in [2.45, 2.75) is 12.5 Å². The summed E-state index contributed by atoms with van der Waals surface area (Å²) in [7, 11) is 1.58. The number of hydrogen-bond donors (Lipinski definition) is 3. The second-order valence-corrected chi connectivity index (χ2v) is 3.40. The molecule has 0 saturated heterocycles. The average molecular weight is 224 g/mol. The van der Waals surface area contributed by atoms with Gasteiger partial charge in [-0.25, -0.2) is 4.79 Å². The van der Waals surface area contributed by atoms with Crippen LogP contribution in [0.4, 0.5) is 4.79 Å². The van der Waals surface area contributed by atoms with E-state index in [0.29, 0.717) is 6.42 Å². The van der Waals surface area contributed by atoms with Gasteiger partial charge < -0.3 is 20.9 Å². The van der Waals surface area contributed by atoms with Gasteiger partial charge in [0, 0.05) is 12.6 Å². The topological polar surface area (TPSA) is 84.6 Å². The van der Waals surface area contributed by atoms with E-state index < -0.39 is 6.09 Å². The van der Waals surface area contributed by atoms with Gasteiger partial charge in [-0.1, -0.05) is 18.2 Å². The number of nitrogens with one attached hydrogen (secondary N) is 1. The Labute approximate surface area is 94.2 Å². The maximum absolute atomic E-state index is 10.5.